The van der Waals surface area contributed by atoms with Crippen LogP contribution in [0.25, 0.3) is 0 Å². The van der Waals surface area contributed by atoms with Crippen LogP contribution in [-0.2, 0) is 0 Å². The quantitative estimate of drug-likeness (QED) is 0.767. The minimum atomic E-state index is 0. The van der Waals surface area contributed by atoms with Crippen molar-refractivity contribution in [3.05, 3.63) is 35.9 Å². The summed E-state index contributed by atoms with van der Waals surface area (Å²) < 4.78 is 0. The summed E-state index contributed by atoms with van der Waals surface area (Å²) in [5.74, 6) is 0.592. The third-order valence-corrected chi connectivity index (χ3v) is 3.63. The molecule has 21 heavy (non-hydrogen) atoms. The van der Waals surface area contributed by atoms with E-state index < -0.39 is 0 Å². The number of piperazine rings is 1. The second kappa shape index (κ2) is 13.6. The Morgan fingerprint density at radius 2 is 1.71 bits per heavy atom. The van der Waals surface area contributed by atoms with Crippen molar-refractivity contribution in [3.63, 3.8) is 0 Å². The van der Waals surface area contributed by atoms with Gasteiger partial charge in [-0.15, -0.1) is 37.2 Å². The third kappa shape index (κ3) is 8.87. The lowest BCUT2D eigenvalue weighted by Gasteiger charge is -2.27. The number of halogens is 3. The van der Waals surface area contributed by atoms with E-state index in [1.165, 1.54) is 25.2 Å². The van der Waals surface area contributed by atoms with Gasteiger partial charge in [-0.3, -0.25) is 4.90 Å². The molecule has 1 aromatic rings. The summed E-state index contributed by atoms with van der Waals surface area (Å²) in [6, 6.07) is 10.7. The maximum absolute atomic E-state index is 3.57. The molecule has 0 spiro atoms. The summed E-state index contributed by atoms with van der Waals surface area (Å²) in [6.07, 6.45) is 0. The Kier molecular flexibility index (Phi) is 15.1. The van der Waals surface area contributed by atoms with Gasteiger partial charge in [-0.05, 0) is 11.5 Å². The molecule has 2 rings (SSSR count). The van der Waals surface area contributed by atoms with E-state index in [0.717, 1.165) is 26.2 Å². The second-order valence-corrected chi connectivity index (χ2v) is 5.11. The van der Waals surface area contributed by atoms with Gasteiger partial charge in [0.2, 0.25) is 0 Å². The molecule has 6 heteroatoms. The molecule has 0 amide bonds. The van der Waals surface area contributed by atoms with Gasteiger partial charge in [0.05, 0.1) is 0 Å². The summed E-state index contributed by atoms with van der Waals surface area (Å²) in [5.41, 5.74) is 1.42. The molecule has 0 bridgehead atoms. The second-order valence-electron chi connectivity index (χ2n) is 5.11. The molecule has 1 atom stereocenters. The van der Waals surface area contributed by atoms with Crippen LogP contribution >= 0.6 is 37.2 Å². The lowest BCUT2D eigenvalue weighted by atomic mass is 10.0. The molecule has 1 aliphatic heterocycles. The van der Waals surface area contributed by atoms with E-state index in [1.807, 2.05) is 0 Å². The van der Waals surface area contributed by atoms with E-state index in [4.69, 9.17) is 0 Å². The standard InChI is InChI=1S/C15H25N3.3ClH/c1-14(15-5-3-2-4-6-15)13-17-9-12-18-10-7-16-8-11-18;;;/h2-6,14,16-17H,7-13H2,1H3;3*1H. The Morgan fingerprint density at radius 1 is 1.10 bits per heavy atom. The zero-order valence-corrected chi connectivity index (χ0v) is 15.0. The summed E-state index contributed by atoms with van der Waals surface area (Å²) in [6.45, 7) is 10.3. The lowest BCUT2D eigenvalue weighted by Crippen LogP contribution is -2.45. The predicted molar refractivity (Wildman–Crippen MR) is 98.8 cm³/mol. The fraction of sp³-hybridized carbons (Fsp3) is 0.600. The Labute approximate surface area is 147 Å². The van der Waals surface area contributed by atoms with Gasteiger partial charge in [0.25, 0.3) is 0 Å². The molecule has 1 fully saturated rings. The Balaban J connectivity index is 0. The van der Waals surface area contributed by atoms with Crippen molar-refractivity contribution in [3.8, 4) is 0 Å². The van der Waals surface area contributed by atoms with Gasteiger partial charge in [0.1, 0.15) is 0 Å². The van der Waals surface area contributed by atoms with E-state index in [-0.39, 0.29) is 37.2 Å². The predicted octanol–water partition coefficient (Wildman–Crippen LogP) is 2.55. The average molecular weight is 357 g/mol. The highest BCUT2D eigenvalue weighted by molar-refractivity contribution is 5.86. The number of hydrogen-bond acceptors (Lipinski definition) is 3. The molecule has 0 aromatic heterocycles. The van der Waals surface area contributed by atoms with Crippen molar-refractivity contribution in [1.82, 2.24) is 15.5 Å². The van der Waals surface area contributed by atoms with Gasteiger partial charge in [-0.25, -0.2) is 0 Å². The Morgan fingerprint density at radius 3 is 2.33 bits per heavy atom. The fourth-order valence-electron chi connectivity index (χ4n) is 2.39. The number of nitrogens with zero attached hydrogens (tertiary/aromatic N) is 1. The third-order valence-electron chi connectivity index (χ3n) is 3.63. The molecule has 0 radical (unpaired) electrons. The van der Waals surface area contributed by atoms with Gasteiger partial charge < -0.3 is 10.6 Å². The topological polar surface area (TPSA) is 27.3 Å². The van der Waals surface area contributed by atoms with Crippen molar-refractivity contribution in [2.75, 3.05) is 45.8 Å². The minimum Gasteiger partial charge on any atom is -0.315 e. The molecule has 3 nitrogen and oxygen atoms in total. The molecule has 1 aromatic carbocycles. The number of benzene rings is 1. The van der Waals surface area contributed by atoms with E-state index in [0.29, 0.717) is 5.92 Å². The smallest absolute Gasteiger partial charge is 0.0108 e. The van der Waals surface area contributed by atoms with Crippen molar-refractivity contribution < 1.29 is 0 Å². The Hall–Kier alpha value is -0.0300. The zero-order valence-electron chi connectivity index (χ0n) is 12.6. The summed E-state index contributed by atoms with van der Waals surface area (Å²) >= 11 is 0. The van der Waals surface area contributed by atoms with Crippen LogP contribution in [0.15, 0.2) is 30.3 Å². The van der Waals surface area contributed by atoms with Crippen LogP contribution < -0.4 is 10.6 Å². The highest BCUT2D eigenvalue weighted by Crippen LogP contribution is 2.12. The molecular weight excluding hydrogens is 329 g/mol. The summed E-state index contributed by atoms with van der Waals surface area (Å²) in [4.78, 5) is 2.52. The first-order valence-corrected chi connectivity index (χ1v) is 7.05. The van der Waals surface area contributed by atoms with Crippen molar-refractivity contribution in [1.29, 1.82) is 0 Å². The van der Waals surface area contributed by atoms with E-state index in [2.05, 4.69) is 52.8 Å². The molecule has 1 unspecified atom stereocenters. The fourth-order valence-corrected chi connectivity index (χ4v) is 2.39. The van der Waals surface area contributed by atoms with E-state index >= 15 is 0 Å². The van der Waals surface area contributed by atoms with Crippen LogP contribution in [0.4, 0.5) is 0 Å². The molecular formula is C15H28Cl3N3. The monoisotopic (exact) mass is 355 g/mol. The maximum atomic E-state index is 3.57. The van der Waals surface area contributed by atoms with E-state index in [1.54, 1.807) is 0 Å². The number of nitrogens with one attached hydrogen (secondary N) is 2. The van der Waals surface area contributed by atoms with Gasteiger partial charge in [-0.2, -0.15) is 0 Å². The first kappa shape index (κ1) is 23.2. The molecule has 1 heterocycles. The zero-order chi connectivity index (χ0) is 12.6. The molecule has 124 valence electrons. The van der Waals surface area contributed by atoms with Gasteiger partial charge in [0, 0.05) is 45.8 Å². The highest BCUT2D eigenvalue weighted by Gasteiger charge is 2.09. The maximum Gasteiger partial charge on any atom is 0.0108 e. The SMILES string of the molecule is CC(CNCCN1CCNCC1)c1ccccc1.Cl.Cl.Cl. The van der Waals surface area contributed by atoms with Crippen molar-refractivity contribution in [2.45, 2.75) is 12.8 Å². The molecule has 1 saturated heterocycles. The van der Waals surface area contributed by atoms with Crippen LogP contribution in [0.2, 0.25) is 0 Å². The van der Waals surface area contributed by atoms with Crippen LogP contribution in [-0.4, -0.2) is 50.7 Å². The first-order chi connectivity index (χ1) is 8.86. The molecule has 2 N–H and O–H groups in total. The van der Waals surface area contributed by atoms with Crippen LogP contribution in [0.3, 0.4) is 0 Å². The van der Waals surface area contributed by atoms with Crippen molar-refractivity contribution >= 4 is 37.2 Å². The largest absolute Gasteiger partial charge is 0.315 e. The van der Waals surface area contributed by atoms with Gasteiger partial charge in [0.15, 0.2) is 0 Å². The van der Waals surface area contributed by atoms with Crippen LogP contribution in [0.1, 0.15) is 18.4 Å². The molecule has 1 aliphatic rings. The molecule has 0 saturated carbocycles. The molecule has 0 aliphatic carbocycles. The Bertz CT molecular complexity index is 332. The number of hydrogen-bond donors (Lipinski definition) is 2. The van der Waals surface area contributed by atoms with Gasteiger partial charge >= 0.3 is 0 Å². The summed E-state index contributed by atoms with van der Waals surface area (Å²) in [7, 11) is 0. The summed E-state index contributed by atoms with van der Waals surface area (Å²) in [5, 5.41) is 6.95. The highest BCUT2D eigenvalue weighted by atomic mass is 35.5. The van der Waals surface area contributed by atoms with Crippen LogP contribution in [0.5, 0.6) is 0 Å². The first-order valence-electron chi connectivity index (χ1n) is 7.05. The van der Waals surface area contributed by atoms with E-state index in [9.17, 15) is 0 Å². The van der Waals surface area contributed by atoms with Crippen LogP contribution in [0, 0.1) is 0 Å². The normalized spacial score (nSPS) is 16.0. The van der Waals surface area contributed by atoms with Gasteiger partial charge in [-0.1, -0.05) is 37.3 Å². The number of rotatable bonds is 6. The average Bonchev–Trinajstić information content (AvgIpc) is 2.45. The minimum absolute atomic E-state index is 0. The van der Waals surface area contributed by atoms with Crippen molar-refractivity contribution in [2.24, 2.45) is 0 Å². The lowest BCUT2D eigenvalue weighted by molar-refractivity contribution is 0.241.